The fraction of sp³-hybridized carbons (Fsp3) is 0.556. The van der Waals surface area contributed by atoms with Crippen molar-refractivity contribution in [3.63, 3.8) is 0 Å². The van der Waals surface area contributed by atoms with Crippen molar-refractivity contribution in [2.24, 2.45) is 5.41 Å². The Morgan fingerprint density at radius 3 is 2.67 bits per heavy atom. The Morgan fingerprint density at radius 2 is 2.00 bits per heavy atom. The maximum Gasteiger partial charge on any atom is 0.475 e. The molecule has 1 aromatic rings. The minimum absolute atomic E-state index is 0.0388. The van der Waals surface area contributed by atoms with Crippen molar-refractivity contribution in [3.8, 4) is 0 Å². The van der Waals surface area contributed by atoms with Gasteiger partial charge in [0.15, 0.2) is 6.10 Å². The van der Waals surface area contributed by atoms with Crippen LogP contribution in [-0.2, 0) is 38.9 Å². The molecule has 1 aliphatic heterocycles. The molecule has 2 rings (SSSR count). The molecule has 1 heterocycles. The highest BCUT2D eigenvalue weighted by Gasteiger charge is 2.48. The van der Waals surface area contributed by atoms with Gasteiger partial charge in [-0.1, -0.05) is 44.2 Å². The zero-order chi connectivity index (χ0) is 19.9. The fourth-order valence-corrected chi connectivity index (χ4v) is 4.14. The van der Waals surface area contributed by atoms with E-state index in [0.29, 0.717) is 6.42 Å². The zero-order valence-corrected chi connectivity index (χ0v) is 16.7. The van der Waals surface area contributed by atoms with Crippen molar-refractivity contribution in [3.05, 3.63) is 35.9 Å². The number of benzene rings is 1. The molecule has 2 atom stereocenters. The van der Waals surface area contributed by atoms with E-state index in [9.17, 15) is 14.2 Å². The van der Waals surface area contributed by atoms with Gasteiger partial charge in [-0.2, -0.15) is 0 Å². The predicted molar refractivity (Wildman–Crippen MR) is 98.0 cm³/mol. The lowest BCUT2D eigenvalue weighted by molar-refractivity contribution is -0.143. The largest absolute Gasteiger partial charge is 0.475 e. The summed E-state index contributed by atoms with van der Waals surface area (Å²) in [6.07, 6.45) is -0.444. The molecule has 1 amide bonds. The molecule has 0 radical (unpaired) electrons. The van der Waals surface area contributed by atoms with Crippen molar-refractivity contribution in [2.75, 3.05) is 26.9 Å². The first-order valence-electron chi connectivity index (χ1n) is 8.72. The van der Waals surface area contributed by atoms with Gasteiger partial charge in [-0.25, -0.2) is 4.57 Å². The third-order valence-corrected chi connectivity index (χ3v) is 5.53. The Bertz CT molecular complexity index is 692. The van der Waals surface area contributed by atoms with Crippen LogP contribution >= 0.6 is 7.82 Å². The van der Waals surface area contributed by atoms with Crippen molar-refractivity contribution in [1.82, 2.24) is 5.32 Å². The Hall–Kier alpha value is -1.73. The second-order valence-electron chi connectivity index (χ2n) is 6.88. The molecule has 27 heavy (non-hydrogen) atoms. The van der Waals surface area contributed by atoms with Crippen LogP contribution in [0.5, 0.6) is 0 Å². The summed E-state index contributed by atoms with van der Waals surface area (Å²) in [6, 6.07) is 9.58. The van der Waals surface area contributed by atoms with Gasteiger partial charge in [0.1, 0.15) is 0 Å². The second kappa shape index (κ2) is 9.46. The van der Waals surface area contributed by atoms with Crippen LogP contribution < -0.4 is 5.32 Å². The van der Waals surface area contributed by atoms with E-state index in [-0.39, 0.29) is 26.2 Å². The predicted octanol–water partition coefficient (Wildman–Crippen LogP) is 2.47. The van der Waals surface area contributed by atoms with Crippen LogP contribution in [0, 0.1) is 5.41 Å². The smallest absolute Gasteiger partial charge is 0.469 e. The number of rotatable bonds is 8. The van der Waals surface area contributed by atoms with E-state index in [1.807, 2.05) is 30.3 Å². The molecule has 0 saturated carbocycles. The molecule has 1 unspecified atom stereocenters. The van der Waals surface area contributed by atoms with E-state index >= 15 is 0 Å². The number of phosphoric acid groups is 1. The number of esters is 1. The third kappa shape index (κ3) is 6.43. The highest BCUT2D eigenvalue weighted by atomic mass is 31.2. The minimum atomic E-state index is -3.85. The Labute approximate surface area is 159 Å². The van der Waals surface area contributed by atoms with Crippen LogP contribution in [0.15, 0.2) is 30.3 Å². The van der Waals surface area contributed by atoms with E-state index < -0.39 is 31.2 Å². The van der Waals surface area contributed by atoms with Crippen molar-refractivity contribution in [2.45, 2.75) is 32.8 Å². The monoisotopic (exact) mass is 399 g/mol. The molecule has 0 aliphatic carbocycles. The lowest BCUT2D eigenvalue weighted by Gasteiger charge is -2.39. The molecule has 1 saturated heterocycles. The van der Waals surface area contributed by atoms with Gasteiger partial charge in [-0.3, -0.25) is 23.2 Å². The quantitative estimate of drug-likeness (QED) is 0.529. The molecule has 8 nitrogen and oxygen atoms in total. The Kier molecular flexibility index (Phi) is 7.56. The Balaban J connectivity index is 1.91. The molecule has 0 spiro atoms. The molecule has 1 fully saturated rings. The first-order valence-corrected chi connectivity index (χ1v) is 10.2. The summed E-state index contributed by atoms with van der Waals surface area (Å²) in [5, 5.41) is 2.60. The molecular formula is C18H26NO7P. The van der Waals surface area contributed by atoms with Crippen LogP contribution in [0.1, 0.15) is 25.8 Å². The first kappa shape index (κ1) is 21.6. The molecule has 1 aliphatic rings. The minimum Gasteiger partial charge on any atom is -0.469 e. The van der Waals surface area contributed by atoms with Gasteiger partial charge >= 0.3 is 13.8 Å². The molecular weight excluding hydrogens is 373 g/mol. The summed E-state index contributed by atoms with van der Waals surface area (Å²) >= 11 is 0. The summed E-state index contributed by atoms with van der Waals surface area (Å²) in [7, 11) is -2.57. The summed E-state index contributed by atoms with van der Waals surface area (Å²) < 4.78 is 33.4. The number of amides is 1. The van der Waals surface area contributed by atoms with Gasteiger partial charge in [-0.15, -0.1) is 0 Å². The van der Waals surface area contributed by atoms with Crippen LogP contribution in [0.3, 0.4) is 0 Å². The lowest BCUT2D eigenvalue weighted by Crippen LogP contribution is -2.50. The highest BCUT2D eigenvalue weighted by molar-refractivity contribution is 7.48. The van der Waals surface area contributed by atoms with E-state index in [1.54, 1.807) is 13.8 Å². The summed E-state index contributed by atoms with van der Waals surface area (Å²) in [5.41, 5.74) is 0.324. The first-order chi connectivity index (χ1) is 12.8. The topological polar surface area (TPSA) is 100 Å². The van der Waals surface area contributed by atoms with E-state index in [1.165, 1.54) is 7.11 Å². The number of phosphoric ester groups is 1. The number of hydrogen-bond acceptors (Lipinski definition) is 7. The van der Waals surface area contributed by atoms with Crippen molar-refractivity contribution in [1.29, 1.82) is 0 Å². The van der Waals surface area contributed by atoms with E-state index in [2.05, 4.69) is 10.1 Å². The number of ether oxygens (including phenoxy) is 1. The average molecular weight is 399 g/mol. The van der Waals surface area contributed by atoms with Gasteiger partial charge in [0.2, 0.25) is 5.91 Å². The Morgan fingerprint density at radius 1 is 1.30 bits per heavy atom. The SMILES string of the molecule is COC(=O)CCNC(=O)[C@@H]1OP(=O)(OCCc2ccccc2)OCC1(C)C. The maximum absolute atomic E-state index is 12.7. The molecule has 0 bridgehead atoms. The van der Waals surface area contributed by atoms with E-state index in [4.69, 9.17) is 13.6 Å². The van der Waals surface area contributed by atoms with Crippen molar-refractivity contribution >= 4 is 19.7 Å². The molecule has 1 aromatic carbocycles. The number of nitrogens with one attached hydrogen (secondary N) is 1. The standard InChI is InChI=1S/C18H26NO7P/c1-18(2)13-25-27(22,24-12-10-14-7-5-4-6-8-14)26-16(18)17(21)19-11-9-15(20)23-3/h4-8,16H,9-13H2,1-3H3,(H,19,21)/t16-,27?/m0/s1. The molecule has 9 heteroatoms. The number of methoxy groups -OCH3 is 1. The number of carbonyl (C=O) groups excluding carboxylic acids is 2. The third-order valence-electron chi connectivity index (χ3n) is 4.12. The van der Waals surface area contributed by atoms with Crippen LogP contribution in [0.2, 0.25) is 0 Å². The molecule has 150 valence electrons. The van der Waals surface area contributed by atoms with Crippen LogP contribution in [0.4, 0.5) is 0 Å². The summed E-state index contributed by atoms with van der Waals surface area (Å²) in [6.45, 7) is 3.82. The summed E-state index contributed by atoms with van der Waals surface area (Å²) in [4.78, 5) is 23.6. The van der Waals surface area contributed by atoms with Crippen LogP contribution in [0.25, 0.3) is 0 Å². The maximum atomic E-state index is 12.7. The summed E-state index contributed by atoms with van der Waals surface area (Å²) in [5.74, 6) is -0.906. The van der Waals surface area contributed by atoms with Crippen LogP contribution in [-0.4, -0.2) is 44.8 Å². The number of hydrogen-bond donors (Lipinski definition) is 1. The average Bonchev–Trinajstić information content (AvgIpc) is 2.64. The van der Waals surface area contributed by atoms with Gasteiger partial charge in [-0.05, 0) is 12.0 Å². The van der Waals surface area contributed by atoms with Gasteiger partial charge < -0.3 is 10.1 Å². The zero-order valence-electron chi connectivity index (χ0n) is 15.8. The van der Waals surface area contributed by atoms with Gasteiger partial charge in [0.05, 0.1) is 26.7 Å². The molecule has 1 N–H and O–H groups in total. The lowest BCUT2D eigenvalue weighted by atomic mass is 9.87. The normalized spacial score (nSPS) is 24.2. The van der Waals surface area contributed by atoms with Gasteiger partial charge in [0.25, 0.3) is 0 Å². The van der Waals surface area contributed by atoms with Crippen molar-refractivity contribution < 1.29 is 32.5 Å². The molecule has 0 aromatic heterocycles. The van der Waals surface area contributed by atoms with E-state index in [0.717, 1.165) is 5.56 Å². The number of carbonyl (C=O) groups is 2. The van der Waals surface area contributed by atoms with Gasteiger partial charge in [0, 0.05) is 12.0 Å². The second-order valence-corrected chi connectivity index (χ2v) is 8.50. The highest BCUT2D eigenvalue weighted by Crippen LogP contribution is 2.57. The fourth-order valence-electron chi connectivity index (χ4n) is 2.50.